The molecule has 2 unspecified atom stereocenters. The monoisotopic (exact) mass is 489 g/mol. The maximum absolute atomic E-state index is 6.45. The van der Waals surface area contributed by atoms with Crippen LogP contribution in [0.4, 0.5) is 5.69 Å². The maximum atomic E-state index is 6.45. The van der Waals surface area contributed by atoms with Crippen molar-refractivity contribution in [2.75, 3.05) is 11.7 Å². The van der Waals surface area contributed by atoms with Crippen LogP contribution in [0.3, 0.4) is 0 Å². The van der Waals surface area contributed by atoms with Gasteiger partial charge < -0.3 is 24.1 Å². The van der Waals surface area contributed by atoms with Crippen LogP contribution < -0.4 is 19.7 Å². The lowest BCUT2D eigenvalue weighted by Crippen LogP contribution is -2.29. The zero-order chi connectivity index (χ0) is 23.2. The van der Waals surface area contributed by atoms with Crippen LogP contribution in [0.25, 0.3) is 11.3 Å². The standard InChI is InChI=1S/C26H20ClN3O3S/c1-15-17(5-4-6-18(15)27)20-10-11-22(33-20)25-24(19-7-2-3-12-28-19)29-26(34)30(25)16-8-9-21-23(13-16)32-14-31-21/h2-13,24-25H,14H2,1H3,(H,29,34). The molecule has 2 atom stereocenters. The van der Waals surface area contributed by atoms with Gasteiger partial charge in [0.1, 0.15) is 17.6 Å². The summed E-state index contributed by atoms with van der Waals surface area (Å²) in [5.41, 5.74) is 3.67. The normalized spacial score (nSPS) is 18.9. The average Bonchev–Trinajstić information content (AvgIpc) is 3.59. The molecule has 8 heteroatoms. The molecule has 0 bridgehead atoms. The SMILES string of the molecule is Cc1c(Cl)cccc1-c1ccc(C2C(c3ccccn3)NC(=S)N2c2ccc3c(c2)OCO3)o1. The van der Waals surface area contributed by atoms with Crippen LogP contribution in [0.2, 0.25) is 5.02 Å². The molecule has 4 aromatic rings. The van der Waals surface area contributed by atoms with Gasteiger partial charge in [-0.15, -0.1) is 0 Å². The molecule has 34 heavy (non-hydrogen) atoms. The molecule has 0 aliphatic carbocycles. The Balaban J connectivity index is 1.46. The molecule has 1 saturated heterocycles. The van der Waals surface area contributed by atoms with Gasteiger partial charge in [-0.05, 0) is 67.2 Å². The van der Waals surface area contributed by atoms with Crippen molar-refractivity contribution in [3.63, 3.8) is 0 Å². The zero-order valence-corrected chi connectivity index (χ0v) is 19.8. The van der Waals surface area contributed by atoms with Crippen LogP contribution in [0.15, 0.2) is 77.3 Å². The molecule has 0 spiro atoms. The molecule has 2 aliphatic rings. The van der Waals surface area contributed by atoms with Crippen LogP contribution in [0, 0.1) is 6.92 Å². The van der Waals surface area contributed by atoms with E-state index in [2.05, 4.69) is 10.3 Å². The van der Waals surface area contributed by atoms with Crippen molar-refractivity contribution in [3.8, 4) is 22.8 Å². The Hall–Kier alpha value is -3.55. The van der Waals surface area contributed by atoms with Gasteiger partial charge in [0.25, 0.3) is 0 Å². The van der Waals surface area contributed by atoms with E-state index in [9.17, 15) is 0 Å². The second kappa shape index (κ2) is 8.34. The van der Waals surface area contributed by atoms with Gasteiger partial charge in [0.05, 0.1) is 11.7 Å². The number of hydrogen-bond donors (Lipinski definition) is 1. The highest BCUT2D eigenvalue weighted by Gasteiger charge is 2.43. The number of thiocarbonyl (C=S) groups is 1. The highest BCUT2D eigenvalue weighted by molar-refractivity contribution is 7.80. The molecule has 0 amide bonds. The van der Waals surface area contributed by atoms with E-state index in [1.807, 2.05) is 78.6 Å². The summed E-state index contributed by atoms with van der Waals surface area (Å²) >= 11 is 12.2. The van der Waals surface area contributed by atoms with Crippen LogP contribution in [-0.2, 0) is 0 Å². The first-order valence-corrected chi connectivity index (χ1v) is 11.6. The molecular formula is C26H20ClN3O3S. The smallest absolute Gasteiger partial charge is 0.231 e. The van der Waals surface area contributed by atoms with Crippen molar-refractivity contribution >= 4 is 34.6 Å². The molecule has 1 fully saturated rings. The lowest BCUT2D eigenvalue weighted by molar-refractivity contribution is 0.174. The Kier molecular flexibility index (Phi) is 5.16. The van der Waals surface area contributed by atoms with Gasteiger partial charge in [-0.25, -0.2) is 0 Å². The van der Waals surface area contributed by atoms with Gasteiger partial charge in [-0.3, -0.25) is 4.98 Å². The number of nitrogens with one attached hydrogen (secondary N) is 1. The molecule has 2 aliphatic heterocycles. The summed E-state index contributed by atoms with van der Waals surface area (Å²) in [6.45, 7) is 2.20. The second-order valence-corrected chi connectivity index (χ2v) is 8.94. The second-order valence-electron chi connectivity index (χ2n) is 8.15. The third-order valence-electron chi connectivity index (χ3n) is 6.18. The van der Waals surface area contributed by atoms with Gasteiger partial charge in [0, 0.05) is 28.5 Å². The molecule has 1 N–H and O–H groups in total. The summed E-state index contributed by atoms with van der Waals surface area (Å²) in [7, 11) is 0. The number of nitrogens with zero attached hydrogens (tertiary/aromatic N) is 2. The minimum atomic E-state index is -0.268. The summed E-state index contributed by atoms with van der Waals surface area (Å²) in [5.74, 6) is 2.92. The quantitative estimate of drug-likeness (QED) is 0.342. The van der Waals surface area contributed by atoms with Gasteiger partial charge in [0.15, 0.2) is 16.6 Å². The van der Waals surface area contributed by atoms with Crippen LogP contribution >= 0.6 is 23.8 Å². The summed E-state index contributed by atoms with van der Waals surface area (Å²) in [4.78, 5) is 6.64. The zero-order valence-electron chi connectivity index (χ0n) is 18.2. The highest BCUT2D eigenvalue weighted by atomic mass is 35.5. The first-order valence-electron chi connectivity index (χ1n) is 10.9. The Bertz CT molecular complexity index is 1390. The van der Waals surface area contributed by atoms with E-state index in [1.165, 1.54) is 0 Å². The molecule has 0 saturated carbocycles. The molecule has 4 heterocycles. The van der Waals surface area contributed by atoms with Gasteiger partial charge in [0.2, 0.25) is 6.79 Å². The third kappa shape index (κ3) is 3.48. The Labute approximate surface area is 207 Å². The number of fused-ring (bicyclic) bond motifs is 1. The summed E-state index contributed by atoms with van der Waals surface area (Å²) < 4.78 is 17.6. The van der Waals surface area contributed by atoms with Crippen molar-refractivity contribution in [1.82, 2.24) is 10.3 Å². The number of aromatic nitrogens is 1. The van der Waals surface area contributed by atoms with Crippen molar-refractivity contribution in [1.29, 1.82) is 0 Å². The Morgan fingerprint density at radius 1 is 1.03 bits per heavy atom. The van der Waals surface area contributed by atoms with Crippen molar-refractivity contribution < 1.29 is 13.9 Å². The lowest BCUT2D eigenvalue weighted by atomic mass is 10.0. The lowest BCUT2D eigenvalue weighted by Gasteiger charge is -2.26. The number of furan rings is 1. The van der Waals surface area contributed by atoms with Gasteiger partial charge >= 0.3 is 0 Å². The van der Waals surface area contributed by atoms with Crippen LogP contribution in [-0.4, -0.2) is 16.9 Å². The predicted octanol–water partition coefficient (Wildman–Crippen LogP) is 6.21. The maximum Gasteiger partial charge on any atom is 0.231 e. The minimum absolute atomic E-state index is 0.210. The first-order chi connectivity index (χ1) is 16.6. The fourth-order valence-corrected chi connectivity index (χ4v) is 5.01. The number of hydrogen-bond acceptors (Lipinski definition) is 5. The summed E-state index contributed by atoms with van der Waals surface area (Å²) in [5, 5.41) is 4.73. The van der Waals surface area contributed by atoms with E-state index < -0.39 is 0 Å². The van der Waals surface area contributed by atoms with E-state index in [0.29, 0.717) is 15.9 Å². The fraction of sp³-hybridized carbons (Fsp3) is 0.154. The molecule has 170 valence electrons. The molecule has 2 aromatic carbocycles. The van der Waals surface area contributed by atoms with Gasteiger partial charge in [-0.2, -0.15) is 0 Å². The molecule has 0 radical (unpaired) electrons. The largest absolute Gasteiger partial charge is 0.459 e. The van der Waals surface area contributed by atoms with E-state index in [4.69, 9.17) is 37.7 Å². The Morgan fingerprint density at radius 2 is 1.91 bits per heavy atom. The number of anilines is 1. The number of pyridine rings is 1. The molecule has 6 nitrogen and oxygen atoms in total. The van der Waals surface area contributed by atoms with Crippen molar-refractivity contribution in [2.45, 2.75) is 19.0 Å². The third-order valence-corrected chi connectivity index (χ3v) is 6.91. The number of ether oxygens (including phenoxy) is 2. The van der Waals surface area contributed by atoms with Crippen molar-refractivity contribution in [2.24, 2.45) is 0 Å². The summed E-state index contributed by atoms with van der Waals surface area (Å²) in [6.07, 6.45) is 1.78. The van der Waals surface area contributed by atoms with E-state index in [0.717, 1.165) is 39.8 Å². The van der Waals surface area contributed by atoms with E-state index >= 15 is 0 Å². The fourth-order valence-electron chi connectivity index (χ4n) is 4.49. The average molecular weight is 490 g/mol. The van der Waals surface area contributed by atoms with Crippen molar-refractivity contribution in [3.05, 3.63) is 95.0 Å². The number of benzene rings is 2. The van der Waals surface area contributed by atoms with E-state index in [-0.39, 0.29) is 18.9 Å². The molecule has 2 aromatic heterocycles. The molecule has 6 rings (SSSR count). The minimum Gasteiger partial charge on any atom is -0.459 e. The topological polar surface area (TPSA) is 59.8 Å². The number of rotatable bonds is 4. The van der Waals surface area contributed by atoms with Gasteiger partial charge in [-0.1, -0.05) is 29.8 Å². The highest BCUT2D eigenvalue weighted by Crippen LogP contribution is 2.45. The number of halogens is 1. The Morgan fingerprint density at radius 3 is 2.76 bits per heavy atom. The van der Waals surface area contributed by atoms with Crippen LogP contribution in [0.1, 0.15) is 29.1 Å². The predicted molar refractivity (Wildman–Crippen MR) is 134 cm³/mol. The first kappa shape index (κ1) is 21.0. The molecular weight excluding hydrogens is 470 g/mol. The summed E-state index contributed by atoms with van der Waals surface area (Å²) in [6, 6.07) is 21.0. The van der Waals surface area contributed by atoms with E-state index in [1.54, 1.807) is 6.20 Å². The van der Waals surface area contributed by atoms with Crippen LogP contribution in [0.5, 0.6) is 11.5 Å².